The lowest BCUT2D eigenvalue weighted by Gasteiger charge is -2.48. The van der Waals surface area contributed by atoms with Gasteiger partial charge in [0.2, 0.25) is 3.79 Å². The van der Waals surface area contributed by atoms with Crippen molar-refractivity contribution in [3.8, 4) is 5.75 Å². The summed E-state index contributed by atoms with van der Waals surface area (Å²) in [6.45, 7) is 11.4. The van der Waals surface area contributed by atoms with E-state index in [4.69, 9.17) is 55.9 Å². The SMILES string of the molecule is Cc1ccc(C)c(OCCc2ccc(C3=C(C(=O)N(CCc4ccccc4Cl)C4CC4)C4CNCC(C3)N4C(=O)OC(C)(C)C(Cl)(Cl)Cl)cc2)c1C. The number of benzene rings is 3. The summed E-state index contributed by atoms with van der Waals surface area (Å²) in [7, 11) is 0. The van der Waals surface area contributed by atoms with E-state index >= 15 is 0 Å². The Balaban J connectivity index is 1.31. The molecule has 0 aromatic heterocycles. The van der Waals surface area contributed by atoms with E-state index in [9.17, 15) is 9.59 Å². The van der Waals surface area contributed by atoms with Crippen LogP contribution in [0.3, 0.4) is 0 Å². The van der Waals surface area contributed by atoms with Crippen LogP contribution in [0.4, 0.5) is 4.79 Å². The quantitative estimate of drug-likeness (QED) is 0.197. The summed E-state index contributed by atoms with van der Waals surface area (Å²) in [6, 6.07) is 19.6. The predicted molar refractivity (Wildman–Crippen MR) is 211 cm³/mol. The zero-order valence-electron chi connectivity index (χ0n) is 30.4. The molecule has 2 atom stereocenters. The number of carbonyl (C=O) groups is 2. The van der Waals surface area contributed by atoms with Crippen molar-refractivity contribution < 1.29 is 19.1 Å². The average molecular weight is 788 g/mol. The van der Waals surface area contributed by atoms with Gasteiger partial charge in [0.05, 0.1) is 18.7 Å². The van der Waals surface area contributed by atoms with Gasteiger partial charge in [-0.25, -0.2) is 4.79 Å². The number of fused-ring (bicyclic) bond motifs is 2. The Bertz CT molecular complexity index is 1830. The maximum Gasteiger partial charge on any atom is 0.411 e. The number of nitrogens with zero attached hydrogens (tertiary/aromatic N) is 2. The van der Waals surface area contributed by atoms with Gasteiger partial charge >= 0.3 is 6.09 Å². The van der Waals surface area contributed by atoms with Crippen molar-refractivity contribution in [3.63, 3.8) is 0 Å². The third-order valence-electron chi connectivity index (χ3n) is 10.7. The smallest absolute Gasteiger partial charge is 0.411 e. The van der Waals surface area contributed by atoms with E-state index < -0.39 is 21.5 Å². The molecule has 0 radical (unpaired) electrons. The van der Waals surface area contributed by atoms with Crippen LogP contribution >= 0.6 is 46.4 Å². The van der Waals surface area contributed by atoms with E-state index in [0.29, 0.717) is 49.7 Å². The minimum Gasteiger partial charge on any atom is -0.493 e. The normalized spacial score (nSPS) is 19.1. The molecule has 7 nitrogen and oxygen atoms in total. The lowest BCUT2D eigenvalue weighted by Crippen LogP contribution is -2.64. The van der Waals surface area contributed by atoms with Gasteiger partial charge in [-0.05, 0) is 105 Å². The molecule has 0 spiro atoms. The van der Waals surface area contributed by atoms with Gasteiger partial charge in [0.1, 0.15) is 5.75 Å². The van der Waals surface area contributed by atoms with Gasteiger partial charge in [0.15, 0.2) is 5.60 Å². The fourth-order valence-electron chi connectivity index (χ4n) is 7.17. The molecule has 2 amide bonds. The van der Waals surface area contributed by atoms with Crippen LogP contribution in [0.2, 0.25) is 5.02 Å². The molecular weight excluding hydrogens is 740 g/mol. The van der Waals surface area contributed by atoms with Gasteiger partial charge in [-0.2, -0.15) is 0 Å². The summed E-state index contributed by atoms with van der Waals surface area (Å²) >= 11 is 25.2. The third-order valence-corrected chi connectivity index (χ3v) is 12.4. The second-order valence-electron chi connectivity index (χ2n) is 14.7. The molecule has 278 valence electrons. The van der Waals surface area contributed by atoms with Crippen LogP contribution in [0.5, 0.6) is 5.75 Å². The Morgan fingerprint density at radius 3 is 2.29 bits per heavy atom. The molecule has 11 heteroatoms. The Labute approximate surface area is 327 Å². The molecule has 1 N–H and O–H groups in total. The lowest BCUT2D eigenvalue weighted by molar-refractivity contribution is -0.128. The van der Waals surface area contributed by atoms with E-state index in [1.54, 1.807) is 18.7 Å². The summed E-state index contributed by atoms with van der Waals surface area (Å²) in [5, 5.41) is 4.15. The van der Waals surface area contributed by atoms with E-state index in [-0.39, 0.29) is 18.0 Å². The highest BCUT2D eigenvalue weighted by molar-refractivity contribution is 6.68. The zero-order chi connectivity index (χ0) is 37.4. The Hall–Kier alpha value is -2.94. The van der Waals surface area contributed by atoms with Crippen molar-refractivity contribution >= 4 is 64.0 Å². The molecule has 3 aromatic carbocycles. The first-order chi connectivity index (χ1) is 24.7. The van der Waals surface area contributed by atoms with Crippen molar-refractivity contribution in [2.24, 2.45) is 0 Å². The van der Waals surface area contributed by atoms with Crippen LogP contribution in [-0.4, -0.2) is 75.6 Å². The number of carbonyl (C=O) groups excluding carboxylic acids is 2. The largest absolute Gasteiger partial charge is 0.493 e. The molecule has 2 heterocycles. The second-order valence-corrected chi connectivity index (χ2v) is 17.4. The summed E-state index contributed by atoms with van der Waals surface area (Å²) in [5.41, 5.74) is 6.73. The highest BCUT2D eigenvalue weighted by Crippen LogP contribution is 2.43. The monoisotopic (exact) mass is 785 g/mol. The molecular formula is C41H47Cl4N3O4. The van der Waals surface area contributed by atoms with E-state index in [0.717, 1.165) is 58.4 Å². The van der Waals surface area contributed by atoms with Crippen molar-refractivity contribution in [1.29, 1.82) is 0 Å². The Morgan fingerprint density at radius 1 is 0.923 bits per heavy atom. The maximum atomic E-state index is 15.0. The first-order valence-electron chi connectivity index (χ1n) is 18.0. The molecule has 1 aliphatic carbocycles. The van der Waals surface area contributed by atoms with E-state index in [1.807, 2.05) is 29.2 Å². The van der Waals surface area contributed by atoms with Gasteiger partial charge in [-0.1, -0.05) is 101 Å². The molecule has 2 fully saturated rings. The van der Waals surface area contributed by atoms with Crippen LogP contribution in [0.1, 0.15) is 66.5 Å². The van der Waals surface area contributed by atoms with Gasteiger partial charge < -0.3 is 19.7 Å². The summed E-state index contributed by atoms with van der Waals surface area (Å²) < 4.78 is 10.3. The lowest BCUT2D eigenvalue weighted by atomic mass is 9.81. The highest BCUT2D eigenvalue weighted by atomic mass is 35.6. The molecule has 3 aromatic rings. The van der Waals surface area contributed by atoms with Crippen LogP contribution in [0.15, 0.2) is 66.2 Å². The minimum atomic E-state index is -1.85. The van der Waals surface area contributed by atoms with Gasteiger partial charge in [-0.3, -0.25) is 9.69 Å². The second kappa shape index (κ2) is 15.8. The number of alkyl halides is 3. The van der Waals surface area contributed by atoms with Crippen LogP contribution in [-0.2, 0) is 22.4 Å². The highest BCUT2D eigenvalue weighted by Gasteiger charge is 2.50. The Morgan fingerprint density at radius 2 is 1.62 bits per heavy atom. The molecule has 6 rings (SSSR count). The standard InChI is InChI=1S/C41H47Cl4N3O4/c1-25-10-11-26(2)37(27(25)3)51-21-19-28-12-14-29(15-13-28)33-22-32-23-46-24-35(48(32)39(50)52-40(4,5)41(43,44)45)36(33)38(49)47(31-16-17-31)20-18-30-8-6-7-9-34(30)42/h6-15,31-32,35,46H,16-24H2,1-5H3. The molecule has 3 aliphatic rings. The van der Waals surface area contributed by atoms with Crippen LogP contribution < -0.4 is 10.1 Å². The van der Waals surface area contributed by atoms with Crippen molar-refractivity contribution in [3.05, 3.63) is 105 Å². The molecule has 1 saturated heterocycles. The molecule has 2 unspecified atom stereocenters. The number of aryl methyl sites for hydroxylation is 2. The topological polar surface area (TPSA) is 71.1 Å². The van der Waals surface area contributed by atoms with E-state index in [1.165, 1.54) is 5.56 Å². The number of nitrogens with one attached hydrogen (secondary N) is 1. The Kier molecular flexibility index (Phi) is 11.8. The van der Waals surface area contributed by atoms with Crippen molar-refractivity contribution in [2.75, 3.05) is 26.2 Å². The predicted octanol–water partition coefficient (Wildman–Crippen LogP) is 9.21. The first-order valence-corrected chi connectivity index (χ1v) is 19.5. The summed E-state index contributed by atoms with van der Waals surface area (Å²) in [6.07, 6.45) is 3.08. The first kappa shape index (κ1) is 38.8. The maximum absolute atomic E-state index is 15.0. The number of amides is 2. The number of ether oxygens (including phenoxy) is 2. The van der Waals surface area contributed by atoms with Crippen LogP contribution in [0, 0.1) is 20.8 Å². The molecule has 52 heavy (non-hydrogen) atoms. The summed E-state index contributed by atoms with van der Waals surface area (Å²) in [5.74, 6) is 0.874. The molecule has 2 bridgehead atoms. The van der Waals surface area contributed by atoms with E-state index in [2.05, 4.69) is 62.5 Å². The summed E-state index contributed by atoms with van der Waals surface area (Å²) in [4.78, 5) is 32.6. The van der Waals surface area contributed by atoms with Gasteiger partial charge in [0.25, 0.3) is 5.91 Å². The fraction of sp³-hybridized carbons (Fsp3) is 0.463. The van der Waals surface area contributed by atoms with Gasteiger partial charge in [0, 0.05) is 42.7 Å². The number of piperazine rings is 1. The molecule has 1 saturated carbocycles. The number of hydrogen-bond donors (Lipinski definition) is 1. The number of rotatable bonds is 11. The fourth-order valence-corrected chi connectivity index (χ4v) is 7.52. The van der Waals surface area contributed by atoms with Crippen molar-refractivity contribution in [2.45, 2.75) is 94.2 Å². The van der Waals surface area contributed by atoms with Crippen molar-refractivity contribution in [1.82, 2.24) is 15.1 Å². The number of halogens is 4. The molecule has 2 aliphatic heterocycles. The minimum absolute atomic E-state index is 0.0727. The average Bonchev–Trinajstić information content (AvgIpc) is 3.93. The number of hydrogen-bond acceptors (Lipinski definition) is 5. The zero-order valence-corrected chi connectivity index (χ0v) is 33.4. The van der Waals surface area contributed by atoms with Gasteiger partial charge in [-0.15, -0.1) is 0 Å². The third kappa shape index (κ3) is 8.39. The van der Waals surface area contributed by atoms with Crippen LogP contribution in [0.25, 0.3) is 5.57 Å².